The van der Waals surface area contributed by atoms with Crippen molar-refractivity contribution >= 4 is 46.8 Å². The van der Waals surface area contributed by atoms with Gasteiger partial charge in [0.15, 0.2) is 0 Å². The van der Waals surface area contributed by atoms with E-state index in [4.69, 9.17) is 28.9 Å². The molecule has 0 aromatic carbocycles. The van der Waals surface area contributed by atoms with Crippen LogP contribution in [-0.4, -0.2) is 89.9 Å². The van der Waals surface area contributed by atoms with Crippen LogP contribution in [-0.2, 0) is 4.79 Å². The van der Waals surface area contributed by atoms with Gasteiger partial charge in [-0.2, -0.15) is 9.98 Å². The fraction of sp³-hybridized carbons (Fsp3) is 0.600. The predicted molar refractivity (Wildman–Crippen MR) is 151 cm³/mol. The van der Waals surface area contributed by atoms with E-state index < -0.39 is 10.3 Å². The molecule has 2 heterocycles. The van der Waals surface area contributed by atoms with Crippen LogP contribution in [0.3, 0.4) is 0 Å². The smallest absolute Gasteiger partial charge is 0.254 e. The molecule has 1 amide bonds. The number of amides is 1. The van der Waals surface area contributed by atoms with Crippen LogP contribution in [0.15, 0.2) is 33.9 Å². The molecular weight excluding hydrogens is 513 g/mol. The van der Waals surface area contributed by atoms with E-state index in [0.29, 0.717) is 42.6 Å². The van der Waals surface area contributed by atoms with Gasteiger partial charge in [0, 0.05) is 48.7 Å². The third kappa shape index (κ3) is 8.04. The van der Waals surface area contributed by atoms with Gasteiger partial charge in [-0.1, -0.05) is 24.6 Å². The number of anilines is 1. The number of carbonyl (C=O) groups is 1. The first kappa shape index (κ1) is 29.2. The highest BCUT2D eigenvalue weighted by molar-refractivity contribution is 6.39. The summed E-state index contributed by atoms with van der Waals surface area (Å²) in [6, 6.07) is 1.83. The van der Waals surface area contributed by atoms with Gasteiger partial charge in [0.25, 0.3) is 5.95 Å². The average molecular weight is 553 g/mol. The maximum Gasteiger partial charge on any atom is 0.254 e. The SMILES string of the molecule is CCN1CCC(CNc2cc(C)nc(/N=C(\N)NC3=CCC(C)(Cl)C(Cl)=C3)n2)(C(=O)NCCN(C)C)C1. The lowest BCUT2D eigenvalue weighted by molar-refractivity contribution is -0.129. The van der Waals surface area contributed by atoms with E-state index in [-0.39, 0.29) is 17.8 Å². The Bertz CT molecular complexity index is 1070. The number of aromatic nitrogens is 2. The van der Waals surface area contributed by atoms with Crippen molar-refractivity contribution in [2.75, 3.05) is 58.7 Å². The molecule has 0 bridgehead atoms. The van der Waals surface area contributed by atoms with Gasteiger partial charge in [-0.3, -0.25) is 4.79 Å². The molecule has 2 unspecified atom stereocenters. The molecular formula is C25H39Cl2N9O. The Kier molecular flexibility index (Phi) is 9.80. The number of guanidine groups is 1. The lowest BCUT2D eigenvalue weighted by Crippen LogP contribution is -2.48. The predicted octanol–water partition coefficient (Wildman–Crippen LogP) is 2.53. The van der Waals surface area contributed by atoms with Crippen molar-refractivity contribution in [2.24, 2.45) is 16.1 Å². The van der Waals surface area contributed by atoms with E-state index in [0.717, 1.165) is 31.7 Å². The summed E-state index contributed by atoms with van der Waals surface area (Å²) in [6.07, 6.45) is 4.99. The Morgan fingerprint density at radius 3 is 2.76 bits per heavy atom. The molecule has 3 rings (SSSR count). The van der Waals surface area contributed by atoms with E-state index in [9.17, 15) is 4.79 Å². The van der Waals surface area contributed by atoms with E-state index >= 15 is 0 Å². The van der Waals surface area contributed by atoms with Gasteiger partial charge in [0.05, 0.1) is 10.3 Å². The second-order valence-corrected chi connectivity index (χ2v) is 11.4. The number of hydrogen-bond donors (Lipinski definition) is 4. The van der Waals surface area contributed by atoms with Gasteiger partial charge in [-0.15, -0.1) is 11.6 Å². The maximum absolute atomic E-state index is 13.3. The first-order valence-corrected chi connectivity index (χ1v) is 13.3. The molecule has 5 N–H and O–H groups in total. The number of alkyl halides is 1. The lowest BCUT2D eigenvalue weighted by atomic mass is 9.85. The zero-order valence-corrected chi connectivity index (χ0v) is 23.9. The molecule has 2 aliphatic rings. The number of aliphatic imine (C=N–C) groups is 1. The van der Waals surface area contributed by atoms with Gasteiger partial charge in [-0.25, -0.2) is 4.98 Å². The zero-order valence-electron chi connectivity index (χ0n) is 22.4. The first-order valence-electron chi connectivity index (χ1n) is 12.6. The third-order valence-electron chi connectivity index (χ3n) is 6.63. The van der Waals surface area contributed by atoms with E-state index in [2.05, 4.69) is 47.6 Å². The molecule has 1 aromatic heterocycles. The number of likely N-dealkylation sites (tertiary alicyclic amines) is 1. The summed E-state index contributed by atoms with van der Waals surface area (Å²) in [6.45, 7) is 10.2. The number of rotatable bonds is 10. The van der Waals surface area contributed by atoms with Crippen LogP contribution in [0.4, 0.5) is 11.8 Å². The standard InChI is InChI=1S/C25H39Cl2N9O/c1-6-36-11-9-25(16-36,21(37)29-10-12-35(4)5)15-30-20-13-17(2)31-23(33-20)34-22(28)32-18-7-8-24(3,27)19(26)14-18/h7,13-14H,6,8-12,15-16H2,1-5H3,(H,29,37)(H4,28,30,31,32,33,34). The molecule has 10 nitrogen and oxygen atoms in total. The number of aryl methyl sites for hydroxylation is 1. The Morgan fingerprint density at radius 2 is 2.11 bits per heavy atom. The lowest BCUT2D eigenvalue weighted by Gasteiger charge is -2.29. The van der Waals surface area contributed by atoms with Crippen molar-refractivity contribution < 1.29 is 4.79 Å². The van der Waals surface area contributed by atoms with Crippen LogP contribution in [0.5, 0.6) is 0 Å². The Morgan fingerprint density at radius 1 is 1.35 bits per heavy atom. The largest absolute Gasteiger partial charge is 0.369 e. The highest BCUT2D eigenvalue weighted by Crippen LogP contribution is 2.36. The molecule has 0 saturated carbocycles. The summed E-state index contributed by atoms with van der Waals surface area (Å²) in [4.78, 5) is 30.2. The van der Waals surface area contributed by atoms with Crippen LogP contribution in [0.2, 0.25) is 0 Å². The third-order valence-corrected chi connectivity index (χ3v) is 7.62. The topological polar surface area (TPSA) is 124 Å². The molecule has 0 radical (unpaired) electrons. The number of halogens is 2. The molecule has 0 spiro atoms. The van der Waals surface area contributed by atoms with E-state index in [1.165, 1.54) is 0 Å². The fourth-order valence-electron chi connectivity index (χ4n) is 4.29. The number of nitrogens with zero attached hydrogens (tertiary/aromatic N) is 5. The number of allylic oxidation sites excluding steroid dienone is 3. The summed E-state index contributed by atoms with van der Waals surface area (Å²) in [5.41, 5.74) is 7.01. The molecule has 12 heteroatoms. The van der Waals surface area contributed by atoms with Crippen molar-refractivity contribution in [3.05, 3.63) is 34.6 Å². The van der Waals surface area contributed by atoms with Crippen molar-refractivity contribution in [2.45, 2.75) is 38.5 Å². The fourth-order valence-corrected chi connectivity index (χ4v) is 4.61. The molecule has 1 aliphatic carbocycles. The first-order chi connectivity index (χ1) is 17.4. The van der Waals surface area contributed by atoms with Crippen molar-refractivity contribution in [3.8, 4) is 0 Å². The quantitative estimate of drug-likeness (QED) is 0.198. The van der Waals surface area contributed by atoms with Gasteiger partial charge in [-0.05, 0) is 59.9 Å². The summed E-state index contributed by atoms with van der Waals surface area (Å²) >= 11 is 12.6. The number of likely N-dealkylation sites (N-methyl/N-ethyl adjacent to an activating group) is 1. The Balaban J connectivity index is 1.70. The Labute approximate surface area is 229 Å². The molecule has 204 valence electrons. The molecule has 37 heavy (non-hydrogen) atoms. The molecule has 1 saturated heterocycles. The molecule has 1 fully saturated rings. The minimum Gasteiger partial charge on any atom is -0.369 e. The van der Waals surface area contributed by atoms with E-state index in [1.54, 1.807) is 6.08 Å². The summed E-state index contributed by atoms with van der Waals surface area (Å²) in [5.74, 6) is 1.00. The van der Waals surface area contributed by atoms with Gasteiger partial charge in [0.2, 0.25) is 11.9 Å². The highest BCUT2D eigenvalue weighted by Gasteiger charge is 2.44. The summed E-state index contributed by atoms with van der Waals surface area (Å²) < 4.78 is 0. The van der Waals surface area contributed by atoms with Crippen LogP contribution in [0.25, 0.3) is 0 Å². The number of hydrogen-bond acceptors (Lipinski definition) is 7. The summed E-state index contributed by atoms with van der Waals surface area (Å²) in [5, 5.41) is 10.0. The number of nitrogens with one attached hydrogen (secondary N) is 3. The normalized spacial score (nSPS) is 24.6. The van der Waals surface area contributed by atoms with Crippen molar-refractivity contribution in [1.29, 1.82) is 0 Å². The van der Waals surface area contributed by atoms with Crippen LogP contribution < -0.4 is 21.7 Å². The number of carbonyl (C=O) groups excluding carboxylic acids is 1. The zero-order chi connectivity index (χ0) is 27.2. The molecule has 2 atom stereocenters. The van der Waals surface area contributed by atoms with Gasteiger partial charge in [0.1, 0.15) is 5.82 Å². The highest BCUT2D eigenvalue weighted by atomic mass is 35.5. The van der Waals surface area contributed by atoms with Crippen molar-refractivity contribution in [1.82, 2.24) is 30.4 Å². The average Bonchev–Trinajstić information content (AvgIpc) is 3.25. The minimum atomic E-state index is -0.618. The second kappa shape index (κ2) is 12.4. The van der Waals surface area contributed by atoms with E-state index in [1.807, 2.05) is 40.1 Å². The van der Waals surface area contributed by atoms with Crippen molar-refractivity contribution in [3.63, 3.8) is 0 Å². The minimum absolute atomic E-state index is 0.0655. The Hall–Kier alpha value is -2.40. The second-order valence-electron chi connectivity index (χ2n) is 10.2. The molecule has 1 aromatic rings. The van der Waals surface area contributed by atoms with Gasteiger partial charge >= 0.3 is 0 Å². The van der Waals surface area contributed by atoms with Crippen LogP contribution in [0.1, 0.15) is 32.4 Å². The number of nitrogens with two attached hydrogens (primary N) is 1. The molecule has 1 aliphatic heterocycles. The van der Waals surface area contributed by atoms with Gasteiger partial charge < -0.3 is 31.5 Å². The monoisotopic (exact) mass is 551 g/mol. The summed E-state index contributed by atoms with van der Waals surface area (Å²) in [7, 11) is 3.98. The van der Waals surface area contributed by atoms with Crippen LogP contribution in [0, 0.1) is 12.3 Å². The maximum atomic E-state index is 13.3. The van der Waals surface area contributed by atoms with Crippen LogP contribution >= 0.6 is 23.2 Å².